The molecule has 0 aliphatic carbocycles. The Balaban J connectivity index is 0.00000256. The molecule has 0 unspecified atom stereocenters. The monoisotopic (exact) mass is 432 g/mol. The van der Waals surface area contributed by atoms with E-state index in [1.165, 1.54) is 0 Å². The molecule has 0 saturated heterocycles. The zero-order chi connectivity index (χ0) is 12.0. The molecule has 0 spiro atoms. The zero-order valence-electron chi connectivity index (χ0n) is 10.1. The van der Waals surface area contributed by atoms with Gasteiger partial charge in [-0.05, 0) is 26.0 Å². The van der Waals surface area contributed by atoms with Gasteiger partial charge in [-0.3, -0.25) is 0 Å². The number of carbonyl (C=O) groups is 2. The van der Waals surface area contributed by atoms with E-state index in [9.17, 15) is 9.59 Å². The van der Waals surface area contributed by atoms with Crippen LogP contribution in [0.3, 0.4) is 0 Å². The summed E-state index contributed by atoms with van der Waals surface area (Å²) in [5, 5.41) is 0. The Morgan fingerprint density at radius 2 is 1.29 bits per heavy atom. The van der Waals surface area contributed by atoms with Gasteiger partial charge in [0.2, 0.25) is 0 Å². The van der Waals surface area contributed by atoms with Gasteiger partial charge in [0.05, 0.1) is 24.3 Å². The molecular weight excluding hydrogens is 415 g/mol. The van der Waals surface area contributed by atoms with E-state index in [4.69, 9.17) is 9.47 Å². The zero-order valence-corrected chi connectivity index (χ0v) is 15.6. The molecule has 0 saturated carbocycles. The Labute approximate surface area is 120 Å². The van der Waals surface area contributed by atoms with Crippen molar-refractivity contribution < 1.29 is 19.1 Å². The maximum atomic E-state index is 11.5. The Morgan fingerprint density at radius 1 is 0.941 bits per heavy atom. The Hall–Kier alpha value is -0.918. The number of hydrogen-bond donors (Lipinski definition) is 0. The summed E-state index contributed by atoms with van der Waals surface area (Å²) in [4.78, 5) is 23.1. The average Bonchev–Trinajstić information content (AvgIpc) is 2.30. The van der Waals surface area contributed by atoms with Crippen molar-refractivity contribution in [3.63, 3.8) is 0 Å². The molecule has 0 amide bonds. The van der Waals surface area contributed by atoms with E-state index in [0.29, 0.717) is 0 Å². The third-order valence-electron chi connectivity index (χ3n) is 1.92. The number of benzene rings is 1. The van der Waals surface area contributed by atoms with Crippen LogP contribution in [0.2, 0.25) is 0 Å². The third kappa shape index (κ3) is 4.45. The van der Waals surface area contributed by atoms with Crippen LogP contribution < -0.4 is 0 Å². The first-order chi connectivity index (χ1) is 7.70. The van der Waals surface area contributed by atoms with Gasteiger partial charge in [0.15, 0.2) is 0 Å². The molecule has 1 rings (SSSR count). The molecule has 17 heavy (non-hydrogen) atoms. The molecule has 4 nitrogen and oxygen atoms in total. The number of carbonyl (C=O) groups excluding carboxylic acids is 2. The van der Waals surface area contributed by atoms with Gasteiger partial charge in [-0.25, -0.2) is 9.59 Å². The minimum absolute atomic E-state index is 0. The molecule has 2 radical (unpaired) electrons. The second-order valence-corrected chi connectivity index (χ2v) is 2.99. The molecule has 1 aromatic carbocycles. The molecule has 0 aliphatic rings. The number of rotatable bonds is 4. The summed E-state index contributed by atoms with van der Waals surface area (Å²) < 4.78 is 9.70. The van der Waals surface area contributed by atoms with E-state index in [0.717, 1.165) is 0 Å². The molecule has 0 aliphatic heterocycles. The second-order valence-electron chi connectivity index (χ2n) is 2.99. The summed E-state index contributed by atoms with van der Waals surface area (Å²) in [6, 6.07) is 6.44. The van der Waals surface area contributed by atoms with Gasteiger partial charge in [-0.15, -0.1) is 0 Å². The first-order valence-corrected chi connectivity index (χ1v) is 5.14. The number of ether oxygens (including phenoxy) is 2. The molecule has 1 aromatic rings. The summed E-state index contributed by atoms with van der Waals surface area (Å²) >= 11 is 0. The van der Waals surface area contributed by atoms with Crippen LogP contribution in [0.15, 0.2) is 24.3 Å². The van der Waals surface area contributed by atoms with Crippen molar-refractivity contribution in [2.75, 3.05) is 13.2 Å². The molecule has 0 heterocycles. The van der Waals surface area contributed by atoms with E-state index in [-0.39, 0.29) is 51.6 Å². The summed E-state index contributed by atoms with van der Waals surface area (Å²) in [6.07, 6.45) is 0. The summed E-state index contributed by atoms with van der Waals surface area (Å²) in [5.41, 5.74) is 0.477. The van der Waals surface area contributed by atoms with Crippen molar-refractivity contribution in [3.8, 4) is 0 Å². The topological polar surface area (TPSA) is 52.6 Å². The van der Waals surface area contributed by atoms with E-state index in [1.54, 1.807) is 38.1 Å². The van der Waals surface area contributed by atoms with Gasteiger partial charge in [-0.1, -0.05) is 12.1 Å². The van der Waals surface area contributed by atoms with Crippen molar-refractivity contribution in [2.45, 2.75) is 13.8 Å². The Morgan fingerprint density at radius 3 is 1.59 bits per heavy atom. The third-order valence-corrected chi connectivity index (χ3v) is 1.92. The molecular formula is C12H16O4Pb. The van der Waals surface area contributed by atoms with Crippen molar-refractivity contribution in [3.05, 3.63) is 35.4 Å². The number of esters is 2. The quantitative estimate of drug-likeness (QED) is 0.530. The fourth-order valence-corrected chi connectivity index (χ4v) is 1.26. The summed E-state index contributed by atoms with van der Waals surface area (Å²) in [6.45, 7) is 3.97. The van der Waals surface area contributed by atoms with Crippen LogP contribution in [0.1, 0.15) is 34.6 Å². The van der Waals surface area contributed by atoms with Crippen LogP contribution in [0, 0.1) is 0 Å². The van der Waals surface area contributed by atoms with Gasteiger partial charge in [0, 0.05) is 0 Å². The summed E-state index contributed by atoms with van der Waals surface area (Å²) in [7, 11) is 0. The molecule has 0 fully saturated rings. The van der Waals surface area contributed by atoms with Crippen molar-refractivity contribution in [1.82, 2.24) is 0 Å². The standard InChI is InChI=1S/C12H14O4.Pb.2H/c1-3-15-11(13)9-7-5-6-8-10(9)12(14)16-4-2;;;/h5-8H,3-4H2,1-2H3;;;. The number of hydrogen-bond acceptors (Lipinski definition) is 4. The van der Waals surface area contributed by atoms with Gasteiger partial charge in [0.1, 0.15) is 0 Å². The average molecular weight is 431 g/mol. The van der Waals surface area contributed by atoms with Gasteiger partial charge >= 0.3 is 39.2 Å². The van der Waals surface area contributed by atoms with E-state index in [2.05, 4.69) is 0 Å². The maximum absolute atomic E-state index is 11.5. The van der Waals surface area contributed by atoms with Crippen LogP contribution in [0.5, 0.6) is 0 Å². The van der Waals surface area contributed by atoms with Crippen LogP contribution in [-0.2, 0) is 9.47 Å². The predicted octanol–water partition coefficient (Wildman–Crippen LogP) is 1.12. The molecule has 0 atom stereocenters. The van der Waals surface area contributed by atoms with Gasteiger partial charge < -0.3 is 9.47 Å². The van der Waals surface area contributed by atoms with Crippen LogP contribution >= 0.6 is 0 Å². The normalized spacial score (nSPS) is 9.06. The molecule has 0 bridgehead atoms. The van der Waals surface area contributed by atoms with E-state index < -0.39 is 11.9 Å². The Kier molecular flexibility index (Phi) is 7.77. The van der Waals surface area contributed by atoms with Crippen LogP contribution in [-0.4, -0.2) is 52.5 Å². The van der Waals surface area contributed by atoms with Crippen LogP contribution in [0.25, 0.3) is 0 Å². The fraction of sp³-hybridized carbons (Fsp3) is 0.333. The summed E-state index contributed by atoms with van der Waals surface area (Å²) in [5.74, 6) is -1.02. The SMILES string of the molecule is CCOC(=O)c1ccccc1C(=O)OCC.[PbH2]. The molecule has 0 N–H and O–H groups in total. The van der Waals surface area contributed by atoms with E-state index >= 15 is 0 Å². The predicted molar refractivity (Wildman–Crippen MR) is 66.9 cm³/mol. The van der Waals surface area contributed by atoms with Crippen molar-refractivity contribution in [2.24, 2.45) is 0 Å². The Bertz CT molecular complexity index is 353. The molecule has 5 heteroatoms. The first kappa shape index (κ1) is 16.1. The van der Waals surface area contributed by atoms with Crippen molar-refractivity contribution >= 4 is 39.2 Å². The first-order valence-electron chi connectivity index (χ1n) is 5.14. The minimum atomic E-state index is -0.508. The van der Waals surface area contributed by atoms with E-state index in [1.807, 2.05) is 0 Å². The van der Waals surface area contributed by atoms with Crippen molar-refractivity contribution in [1.29, 1.82) is 0 Å². The second kappa shape index (κ2) is 8.21. The van der Waals surface area contributed by atoms with Gasteiger partial charge in [0.25, 0.3) is 0 Å². The fourth-order valence-electron chi connectivity index (χ4n) is 1.26. The van der Waals surface area contributed by atoms with Crippen LogP contribution in [0.4, 0.5) is 0 Å². The molecule has 92 valence electrons. The molecule has 0 aromatic heterocycles. The van der Waals surface area contributed by atoms with Gasteiger partial charge in [-0.2, -0.15) is 0 Å².